The zero-order valence-corrected chi connectivity index (χ0v) is 13.1. The van der Waals surface area contributed by atoms with Crippen LogP contribution in [0.2, 0.25) is 0 Å². The summed E-state index contributed by atoms with van der Waals surface area (Å²) >= 11 is 0. The number of nitrogens with zero attached hydrogens (tertiary/aromatic N) is 1. The van der Waals surface area contributed by atoms with Crippen molar-refractivity contribution >= 4 is 11.8 Å². The third-order valence-electron chi connectivity index (χ3n) is 5.68. The van der Waals surface area contributed by atoms with Gasteiger partial charge in [-0.1, -0.05) is 39.0 Å². The molecule has 0 radical (unpaired) electrons. The highest BCUT2D eigenvalue weighted by Gasteiger charge is 2.45. The van der Waals surface area contributed by atoms with Crippen molar-refractivity contribution in [2.24, 2.45) is 5.92 Å². The van der Waals surface area contributed by atoms with Gasteiger partial charge in [-0.05, 0) is 38.0 Å². The molecule has 3 fully saturated rings. The molecule has 1 heterocycles. The van der Waals surface area contributed by atoms with Crippen LogP contribution in [0.15, 0.2) is 0 Å². The van der Waals surface area contributed by atoms with Gasteiger partial charge in [0.15, 0.2) is 0 Å². The lowest BCUT2D eigenvalue weighted by Crippen LogP contribution is -2.67. The number of carbonyl (C=O) groups excluding carboxylic acids is 2. The maximum absolute atomic E-state index is 13.0. The first kappa shape index (κ1) is 14.9. The van der Waals surface area contributed by atoms with Crippen LogP contribution >= 0.6 is 0 Å². The molecule has 0 aromatic carbocycles. The van der Waals surface area contributed by atoms with Gasteiger partial charge in [0.1, 0.15) is 12.1 Å². The Morgan fingerprint density at radius 1 is 1.00 bits per heavy atom. The Kier molecular flexibility index (Phi) is 4.51. The summed E-state index contributed by atoms with van der Waals surface area (Å²) in [5, 5.41) is 3.06. The predicted octanol–water partition coefficient (Wildman–Crippen LogP) is 2.61. The fourth-order valence-corrected chi connectivity index (χ4v) is 4.54. The summed E-state index contributed by atoms with van der Waals surface area (Å²) in [5.41, 5.74) is 0. The molecule has 2 unspecified atom stereocenters. The first-order valence-corrected chi connectivity index (χ1v) is 8.85. The average Bonchev–Trinajstić information content (AvgIpc) is 3.03. The number of carbonyl (C=O) groups is 2. The zero-order valence-electron chi connectivity index (χ0n) is 13.1. The van der Waals surface area contributed by atoms with Crippen molar-refractivity contribution in [2.45, 2.75) is 89.3 Å². The fourth-order valence-electron chi connectivity index (χ4n) is 4.54. The van der Waals surface area contributed by atoms with Crippen LogP contribution in [0, 0.1) is 5.92 Å². The minimum Gasteiger partial charge on any atom is -0.342 e. The van der Waals surface area contributed by atoms with E-state index in [9.17, 15) is 9.59 Å². The Bertz CT molecular complexity index is 398. The topological polar surface area (TPSA) is 49.4 Å². The minimum atomic E-state index is -0.249. The van der Waals surface area contributed by atoms with Crippen LogP contribution in [-0.4, -0.2) is 34.8 Å². The molecule has 2 aliphatic carbocycles. The Hall–Kier alpha value is -1.06. The largest absolute Gasteiger partial charge is 0.342 e. The van der Waals surface area contributed by atoms with Gasteiger partial charge in [0.2, 0.25) is 11.8 Å². The average molecular weight is 292 g/mol. The monoisotopic (exact) mass is 292 g/mol. The Morgan fingerprint density at radius 3 is 2.24 bits per heavy atom. The molecule has 0 bridgehead atoms. The smallest absolute Gasteiger partial charge is 0.246 e. The molecule has 4 heteroatoms. The summed E-state index contributed by atoms with van der Waals surface area (Å²) in [6.07, 6.45) is 11.1. The van der Waals surface area contributed by atoms with E-state index in [0.717, 1.165) is 32.1 Å². The molecule has 21 heavy (non-hydrogen) atoms. The molecular formula is C17H28N2O2. The van der Waals surface area contributed by atoms with Gasteiger partial charge < -0.3 is 10.2 Å². The Balaban J connectivity index is 1.80. The van der Waals surface area contributed by atoms with Crippen molar-refractivity contribution < 1.29 is 9.59 Å². The molecule has 1 aliphatic heterocycles. The normalized spacial score (nSPS) is 32.5. The van der Waals surface area contributed by atoms with Crippen molar-refractivity contribution in [1.29, 1.82) is 0 Å². The third kappa shape index (κ3) is 2.82. The van der Waals surface area contributed by atoms with Crippen LogP contribution in [0.4, 0.5) is 0 Å². The molecule has 0 aromatic heterocycles. The van der Waals surface area contributed by atoms with Gasteiger partial charge in [-0.3, -0.25) is 9.59 Å². The summed E-state index contributed by atoms with van der Waals surface area (Å²) in [4.78, 5) is 27.5. The molecule has 0 aromatic rings. The number of amides is 2. The molecule has 2 atom stereocenters. The highest BCUT2D eigenvalue weighted by molar-refractivity contribution is 5.97. The van der Waals surface area contributed by atoms with E-state index in [1.807, 2.05) is 11.8 Å². The van der Waals surface area contributed by atoms with Crippen molar-refractivity contribution in [3.8, 4) is 0 Å². The van der Waals surface area contributed by atoms with Gasteiger partial charge in [0.05, 0.1) is 0 Å². The van der Waals surface area contributed by atoms with Gasteiger partial charge >= 0.3 is 0 Å². The van der Waals surface area contributed by atoms with E-state index >= 15 is 0 Å². The van der Waals surface area contributed by atoms with Gasteiger partial charge in [-0.2, -0.15) is 0 Å². The summed E-state index contributed by atoms with van der Waals surface area (Å²) in [7, 11) is 0. The SMILES string of the molecule is CCC1C(=O)NC(C2CCCCC2)C(=O)N1C1CCCC1. The number of hydrogen-bond donors (Lipinski definition) is 1. The molecule has 3 rings (SSSR count). The van der Waals surface area contributed by atoms with E-state index in [2.05, 4.69) is 5.32 Å². The van der Waals surface area contributed by atoms with E-state index < -0.39 is 0 Å². The molecule has 1 N–H and O–H groups in total. The van der Waals surface area contributed by atoms with Gasteiger partial charge in [0, 0.05) is 6.04 Å². The molecule has 118 valence electrons. The number of rotatable bonds is 3. The predicted molar refractivity (Wildman–Crippen MR) is 81.7 cm³/mol. The van der Waals surface area contributed by atoms with E-state index in [1.165, 1.54) is 32.1 Å². The Labute approximate surface area is 127 Å². The van der Waals surface area contributed by atoms with E-state index in [0.29, 0.717) is 12.0 Å². The number of piperazine rings is 1. The standard InChI is InChI=1S/C17H28N2O2/c1-2-14-16(20)18-15(12-8-4-3-5-9-12)17(21)19(14)13-10-6-7-11-13/h12-15H,2-11H2,1H3,(H,18,20). The zero-order chi connectivity index (χ0) is 14.8. The molecular weight excluding hydrogens is 264 g/mol. The first-order chi connectivity index (χ1) is 10.2. The molecule has 3 aliphatic rings. The van der Waals surface area contributed by atoms with E-state index in [4.69, 9.17) is 0 Å². The number of nitrogens with one attached hydrogen (secondary N) is 1. The quantitative estimate of drug-likeness (QED) is 0.869. The number of hydrogen-bond acceptors (Lipinski definition) is 2. The second-order valence-electron chi connectivity index (χ2n) is 6.99. The summed E-state index contributed by atoms with van der Waals surface area (Å²) in [5.74, 6) is 0.650. The maximum Gasteiger partial charge on any atom is 0.246 e. The van der Waals surface area contributed by atoms with Crippen molar-refractivity contribution in [1.82, 2.24) is 10.2 Å². The summed E-state index contributed by atoms with van der Waals surface area (Å²) in [6.45, 7) is 2.01. The van der Waals surface area contributed by atoms with Crippen LogP contribution in [0.25, 0.3) is 0 Å². The molecule has 1 saturated heterocycles. The highest BCUT2D eigenvalue weighted by Crippen LogP contribution is 2.33. The lowest BCUT2D eigenvalue weighted by molar-refractivity contribution is -0.154. The third-order valence-corrected chi connectivity index (χ3v) is 5.68. The van der Waals surface area contributed by atoms with Crippen LogP contribution in [0.3, 0.4) is 0 Å². The van der Waals surface area contributed by atoms with Gasteiger partial charge in [-0.25, -0.2) is 0 Å². The first-order valence-electron chi connectivity index (χ1n) is 8.85. The summed E-state index contributed by atoms with van der Waals surface area (Å²) in [6, 6.07) is -0.179. The van der Waals surface area contributed by atoms with Crippen molar-refractivity contribution in [2.75, 3.05) is 0 Å². The maximum atomic E-state index is 13.0. The second kappa shape index (κ2) is 6.37. The van der Waals surface area contributed by atoms with E-state index in [-0.39, 0.29) is 23.9 Å². The molecule has 4 nitrogen and oxygen atoms in total. The minimum absolute atomic E-state index is 0.0829. The van der Waals surface area contributed by atoms with Gasteiger partial charge in [0.25, 0.3) is 0 Å². The van der Waals surface area contributed by atoms with Crippen molar-refractivity contribution in [3.05, 3.63) is 0 Å². The van der Waals surface area contributed by atoms with Crippen LogP contribution < -0.4 is 5.32 Å². The second-order valence-corrected chi connectivity index (χ2v) is 6.99. The van der Waals surface area contributed by atoms with E-state index in [1.54, 1.807) is 0 Å². The lowest BCUT2D eigenvalue weighted by atomic mass is 9.81. The molecule has 2 amide bonds. The molecule has 2 saturated carbocycles. The highest BCUT2D eigenvalue weighted by atomic mass is 16.2. The van der Waals surface area contributed by atoms with Crippen LogP contribution in [-0.2, 0) is 9.59 Å². The van der Waals surface area contributed by atoms with Crippen LogP contribution in [0.5, 0.6) is 0 Å². The lowest BCUT2D eigenvalue weighted by Gasteiger charge is -2.44. The van der Waals surface area contributed by atoms with Crippen molar-refractivity contribution in [3.63, 3.8) is 0 Å². The molecule has 0 spiro atoms. The van der Waals surface area contributed by atoms with Gasteiger partial charge in [-0.15, -0.1) is 0 Å². The van der Waals surface area contributed by atoms with Crippen LogP contribution in [0.1, 0.15) is 71.1 Å². The Morgan fingerprint density at radius 2 is 1.62 bits per heavy atom. The fraction of sp³-hybridized carbons (Fsp3) is 0.882. The summed E-state index contributed by atoms with van der Waals surface area (Å²) < 4.78 is 0.